The molecule has 2 aliphatic carbocycles. The van der Waals surface area contributed by atoms with Crippen molar-refractivity contribution in [3.05, 3.63) is 59.4 Å². The van der Waals surface area contributed by atoms with E-state index in [1.54, 1.807) is 25.1 Å². The smallest absolute Gasteiger partial charge is 0.258 e. The largest absolute Gasteiger partial charge is 0.356 e. The molecule has 244 valence electrons. The Bertz CT molecular complexity index is 1920. The molecule has 4 aromatic rings. The van der Waals surface area contributed by atoms with Crippen LogP contribution in [0, 0.1) is 17.3 Å². The van der Waals surface area contributed by atoms with Crippen LogP contribution in [0.3, 0.4) is 0 Å². The SMILES string of the molecule is CN(C(=O)CCC1CCN(c2ccc(C3CCC(=O)NC3=O)cn2)C1)c1ccc2cc(-c3n[nH]c4c3C[C@@H]3C(F)(F)C3(C)C4)[nH]c2c1. The average molecular weight is 642 g/mol. The highest BCUT2D eigenvalue weighted by atomic mass is 19.3. The van der Waals surface area contributed by atoms with E-state index in [-0.39, 0.29) is 23.6 Å². The van der Waals surface area contributed by atoms with Gasteiger partial charge in [0.1, 0.15) is 11.5 Å². The number of rotatable bonds is 7. The number of anilines is 2. The number of carbonyl (C=O) groups excluding carboxylic acids is 3. The molecule has 12 heteroatoms. The highest BCUT2D eigenvalue weighted by Crippen LogP contribution is 2.70. The van der Waals surface area contributed by atoms with Crippen molar-refractivity contribution in [2.24, 2.45) is 17.3 Å². The number of imide groups is 1. The van der Waals surface area contributed by atoms with E-state index >= 15 is 0 Å². The summed E-state index contributed by atoms with van der Waals surface area (Å²) in [5.74, 6) is -2.87. The molecule has 0 bridgehead atoms. The van der Waals surface area contributed by atoms with E-state index in [4.69, 9.17) is 0 Å². The van der Waals surface area contributed by atoms with Gasteiger partial charge in [0.05, 0.1) is 11.6 Å². The molecule has 1 aromatic carbocycles. The van der Waals surface area contributed by atoms with Gasteiger partial charge in [-0.25, -0.2) is 13.8 Å². The molecule has 8 rings (SSSR count). The van der Waals surface area contributed by atoms with E-state index < -0.39 is 17.3 Å². The summed E-state index contributed by atoms with van der Waals surface area (Å²) in [6.07, 6.45) is 5.35. The summed E-state index contributed by atoms with van der Waals surface area (Å²) >= 11 is 0. The van der Waals surface area contributed by atoms with Crippen molar-refractivity contribution in [2.75, 3.05) is 29.9 Å². The molecule has 3 fully saturated rings. The van der Waals surface area contributed by atoms with Crippen LogP contribution in [0.4, 0.5) is 20.3 Å². The third kappa shape index (κ3) is 4.91. The van der Waals surface area contributed by atoms with Gasteiger partial charge >= 0.3 is 0 Å². The third-order valence-electron chi connectivity index (χ3n) is 11.2. The molecular weight excluding hydrogens is 604 g/mol. The molecule has 2 aliphatic heterocycles. The number of hydrogen-bond acceptors (Lipinski definition) is 6. The van der Waals surface area contributed by atoms with Crippen LogP contribution in [0.5, 0.6) is 0 Å². The third-order valence-corrected chi connectivity index (χ3v) is 11.2. The number of aromatic amines is 2. The second-order valence-corrected chi connectivity index (χ2v) is 14.0. The van der Waals surface area contributed by atoms with Crippen molar-refractivity contribution < 1.29 is 23.2 Å². The first-order valence-electron chi connectivity index (χ1n) is 16.4. The number of halogens is 2. The van der Waals surface area contributed by atoms with E-state index in [1.807, 2.05) is 36.4 Å². The molecule has 5 heterocycles. The number of H-pyrrole nitrogens is 2. The van der Waals surface area contributed by atoms with Gasteiger partial charge in [-0.3, -0.25) is 24.8 Å². The van der Waals surface area contributed by atoms with Crippen molar-refractivity contribution >= 4 is 40.1 Å². The molecule has 4 atom stereocenters. The van der Waals surface area contributed by atoms with Gasteiger partial charge in [-0.05, 0) is 61.4 Å². The van der Waals surface area contributed by atoms with Crippen LogP contribution in [0.25, 0.3) is 22.3 Å². The molecular formula is C35H37F2N7O3. The summed E-state index contributed by atoms with van der Waals surface area (Å²) in [4.78, 5) is 48.9. The topological polar surface area (TPSA) is 127 Å². The summed E-state index contributed by atoms with van der Waals surface area (Å²) in [5.41, 5.74) is 4.61. The number of amides is 3. The van der Waals surface area contributed by atoms with Crippen LogP contribution in [0.15, 0.2) is 42.6 Å². The Morgan fingerprint density at radius 2 is 2.00 bits per heavy atom. The second kappa shape index (κ2) is 10.7. The molecule has 3 N–H and O–H groups in total. The Balaban J connectivity index is 0.876. The number of hydrogen-bond donors (Lipinski definition) is 3. The van der Waals surface area contributed by atoms with Crippen LogP contribution >= 0.6 is 0 Å². The van der Waals surface area contributed by atoms with Crippen molar-refractivity contribution in [1.82, 2.24) is 25.5 Å². The highest BCUT2D eigenvalue weighted by Gasteiger charge is 2.78. The Morgan fingerprint density at radius 1 is 1.15 bits per heavy atom. The van der Waals surface area contributed by atoms with Crippen LogP contribution < -0.4 is 15.1 Å². The standard InChI is InChI=1S/C35H37F2N7O3/c1-34-16-27-24(15-28(34)35(34,36)37)32(42-41-27)26-13-20-4-6-22(14-25(20)39-26)43(2)31(46)10-3-19-11-12-44(18-19)29-8-5-21(17-38-29)23-7-9-30(45)40-33(23)47/h4-6,8,13-14,17,19,23,28,39H,3,7,9-12,15-16,18H2,1-2H3,(H,41,42)(H,40,45,47)/t19?,23?,28-,34?/m0/s1. The highest BCUT2D eigenvalue weighted by molar-refractivity contribution is 6.01. The summed E-state index contributed by atoms with van der Waals surface area (Å²) in [7, 11) is 1.79. The molecule has 3 aromatic heterocycles. The molecule has 47 heavy (non-hydrogen) atoms. The molecule has 10 nitrogen and oxygen atoms in total. The van der Waals surface area contributed by atoms with E-state index in [0.717, 1.165) is 70.9 Å². The van der Waals surface area contributed by atoms with Crippen molar-refractivity contribution in [3.8, 4) is 11.4 Å². The van der Waals surface area contributed by atoms with Gasteiger partial charge in [0.15, 0.2) is 0 Å². The Kier molecular flexibility index (Phi) is 6.79. The van der Waals surface area contributed by atoms with E-state index in [9.17, 15) is 23.2 Å². The fourth-order valence-electron chi connectivity index (χ4n) is 8.00. The second-order valence-electron chi connectivity index (χ2n) is 14.0. The number of nitrogens with zero attached hydrogens (tertiary/aromatic N) is 4. The van der Waals surface area contributed by atoms with Gasteiger partial charge in [-0.15, -0.1) is 0 Å². The first-order valence-corrected chi connectivity index (χ1v) is 16.4. The number of nitrogens with one attached hydrogen (secondary N) is 3. The van der Waals surface area contributed by atoms with Gasteiger partial charge in [0.25, 0.3) is 5.92 Å². The van der Waals surface area contributed by atoms with Crippen molar-refractivity contribution in [3.63, 3.8) is 0 Å². The minimum Gasteiger partial charge on any atom is -0.356 e. The van der Waals surface area contributed by atoms with Gasteiger partial charge in [0, 0.05) is 84.8 Å². The quantitative estimate of drug-likeness (QED) is 0.241. The Morgan fingerprint density at radius 3 is 2.79 bits per heavy atom. The monoisotopic (exact) mass is 641 g/mol. The van der Waals surface area contributed by atoms with Crippen LogP contribution in [-0.2, 0) is 27.2 Å². The average Bonchev–Trinajstić information content (AvgIpc) is 3.65. The zero-order valence-corrected chi connectivity index (χ0v) is 26.4. The summed E-state index contributed by atoms with van der Waals surface area (Å²) < 4.78 is 28.9. The minimum atomic E-state index is -2.64. The van der Waals surface area contributed by atoms with Crippen molar-refractivity contribution in [1.29, 1.82) is 0 Å². The van der Waals surface area contributed by atoms with Gasteiger partial charge in [-0.2, -0.15) is 5.10 Å². The van der Waals surface area contributed by atoms with Crippen LogP contribution in [-0.4, -0.2) is 63.9 Å². The zero-order chi connectivity index (χ0) is 32.7. The summed E-state index contributed by atoms with van der Waals surface area (Å²) in [6.45, 7) is 3.33. The first-order chi connectivity index (χ1) is 22.5. The zero-order valence-electron chi connectivity index (χ0n) is 26.4. The van der Waals surface area contributed by atoms with E-state index in [0.29, 0.717) is 43.7 Å². The fraction of sp³-hybridized carbons (Fsp3) is 0.457. The lowest BCUT2D eigenvalue weighted by Gasteiger charge is -2.22. The lowest BCUT2D eigenvalue weighted by Crippen LogP contribution is -2.39. The molecule has 1 saturated carbocycles. The summed E-state index contributed by atoms with van der Waals surface area (Å²) in [5, 5.41) is 10.9. The molecule has 3 unspecified atom stereocenters. The van der Waals surface area contributed by atoms with E-state index in [1.165, 1.54) is 0 Å². The summed E-state index contributed by atoms with van der Waals surface area (Å²) in [6, 6.07) is 11.7. The molecule has 0 spiro atoms. The number of fused-ring (bicyclic) bond motifs is 3. The van der Waals surface area contributed by atoms with Gasteiger partial charge < -0.3 is 14.8 Å². The van der Waals surface area contributed by atoms with E-state index in [2.05, 4.69) is 30.4 Å². The maximum absolute atomic E-state index is 14.4. The lowest BCUT2D eigenvalue weighted by molar-refractivity contribution is -0.134. The minimum absolute atomic E-state index is 0.0380. The Labute approximate surface area is 270 Å². The number of pyridine rings is 1. The number of benzene rings is 1. The van der Waals surface area contributed by atoms with Gasteiger partial charge in [-0.1, -0.05) is 19.1 Å². The molecule has 0 radical (unpaired) electrons. The van der Waals surface area contributed by atoms with Crippen molar-refractivity contribution in [2.45, 2.75) is 63.7 Å². The molecule has 3 amide bonds. The lowest BCUT2D eigenvalue weighted by atomic mass is 9.87. The van der Waals surface area contributed by atoms with Crippen LogP contribution in [0.2, 0.25) is 0 Å². The van der Waals surface area contributed by atoms with Gasteiger partial charge in [0.2, 0.25) is 17.7 Å². The number of aromatic nitrogens is 4. The normalized spacial score (nSPS) is 26.2. The number of piperidine rings is 1. The predicted octanol–water partition coefficient (Wildman–Crippen LogP) is 5.11. The fourth-order valence-corrected chi connectivity index (χ4v) is 8.00. The predicted molar refractivity (Wildman–Crippen MR) is 172 cm³/mol. The molecule has 4 aliphatic rings. The number of carbonyl (C=O) groups is 3. The maximum Gasteiger partial charge on any atom is 0.258 e. The maximum atomic E-state index is 14.4. The Hall–Kier alpha value is -4.61. The van der Waals surface area contributed by atoms with Crippen LogP contribution in [0.1, 0.15) is 61.8 Å². The molecule has 2 saturated heterocycles. The first kappa shape index (κ1) is 29.8. The number of alkyl halides is 2.